The molecular formula is C49H27N3O3. The smallest absolute Gasteiger partial charge is 0.164 e. The number of nitrogens with zero attached hydrogens (tertiary/aromatic N) is 3. The molecule has 12 rings (SSSR count). The van der Waals surface area contributed by atoms with Crippen molar-refractivity contribution in [1.29, 1.82) is 0 Å². The van der Waals surface area contributed by atoms with E-state index in [1.165, 1.54) is 0 Å². The van der Waals surface area contributed by atoms with Crippen LogP contribution in [0, 0.1) is 0 Å². The van der Waals surface area contributed by atoms with E-state index >= 15 is 0 Å². The van der Waals surface area contributed by atoms with Crippen LogP contribution < -0.4 is 0 Å². The Labute approximate surface area is 312 Å². The maximum Gasteiger partial charge on any atom is 0.164 e. The molecule has 6 heteroatoms. The van der Waals surface area contributed by atoms with Gasteiger partial charge in [-0.1, -0.05) is 115 Å². The first kappa shape index (κ1) is 29.9. The highest BCUT2D eigenvalue weighted by molar-refractivity contribution is 6.22. The van der Waals surface area contributed by atoms with Gasteiger partial charge in [0.15, 0.2) is 17.5 Å². The maximum absolute atomic E-state index is 6.71. The first-order chi connectivity index (χ1) is 27.2. The van der Waals surface area contributed by atoms with Gasteiger partial charge >= 0.3 is 0 Å². The zero-order valence-corrected chi connectivity index (χ0v) is 29.2. The quantitative estimate of drug-likeness (QED) is 0.181. The zero-order chi connectivity index (χ0) is 36.0. The first-order valence-corrected chi connectivity index (χ1v) is 18.3. The van der Waals surface area contributed by atoms with E-state index in [1.54, 1.807) is 0 Å². The molecule has 0 atom stereocenters. The van der Waals surface area contributed by atoms with E-state index in [2.05, 4.69) is 97.1 Å². The number of hydrogen-bond acceptors (Lipinski definition) is 6. The number of fused-ring (bicyclic) bond motifs is 11. The van der Waals surface area contributed by atoms with Crippen molar-refractivity contribution >= 4 is 76.6 Å². The second-order valence-corrected chi connectivity index (χ2v) is 13.9. The summed E-state index contributed by atoms with van der Waals surface area (Å²) in [7, 11) is 0. The van der Waals surface area contributed by atoms with Crippen LogP contribution in [-0.4, -0.2) is 15.0 Å². The van der Waals surface area contributed by atoms with E-state index in [0.717, 1.165) is 104 Å². The lowest BCUT2D eigenvalue weighted by molar-refractivity contribution is 0.668. The van der Waals surface area contributed by atoms with E-state index < -0.39 is 0 Å². The second kappa shape index (κ2) is 11.5. The summed E-state index contributed by atoms with van der Waals surface area (Å²) in [5, 5.41) is 8.36. The lowest BCUT2D eigenvalue weighted by Gasteiger charge is -2.10. The second-order valence-electron chi connectivity index (χ2n) is 13.9. The third-order valence-electron chi connectivity index (χ3n) is 10.7. The molecule has 55 heavy (non-hydrogen) atoms. The fourth-order valence-corrected chi connectivity index (χ4v) is 8.18. The largest absolute Gasteiger partial charge is 0.456 e. The van der Waals surface area contributed by atoms with Gasteiger partial charge in [0.05, 0.1) is 0 Å². The van der Waals surface area contributed by atoms with Crippen LogP contribution in [0.15, 0.2) is 177 Å². The van der Waals surface area contributed by atoms with Crippen LogP contribution in [0.25, 0.3) is 122 Å². The van der Waals surface area contributed by atoms with Crippen molar-refractivity contribution in [3.05, 3.63) is 164 Å². The Kier molecular flexibility index (Phi) is 6.24. The van der Waals surface area contributed by atoms with Crippen LogP contribution in [0.4, 0.5) is 0 Å². The highest BCUT2D eigenvalue weighted by Gasteiger charge is 2.21. The Hall–Kier alpha value is -7.57. The van der Waals surface area contributed by atoms with E-state index in [0.29, 0.717) is 17.5 Å². The third-order valence-corrected chi connectivity index (χ3v) is 10.7. The third kappa shape index (κ3) is 4.58. The summed E-state index contributed by atoms with van der Waals surface area (Å²) < 4.78 is 19.3. The van der Waals surface area contributed by atoms with Crippen molar-refractivity contribution < 1.29 is 13.3 Å². The summed E-state index contributed by atoms with van der Waals surface area (Å²) in [6.07, 6.45) is 0. The maximum atomic E-state index is 6.71. The minimum absolute atomic E-state index is 0.535. The van der Waals surface area contributed by atoms with Crippen LogP contribution >= 0.6 is 0 Å². The molecule has 0 spiro atoms. The molecule has 256 valence electrons. The van der Waals surface area contributed by atoms with Gasteiger partial charge in [-0.25, -0.2) is 15.0 Å². The van der Waals surface area contributed by atoms with Crippen molar-refractivity contribution in [2.45, 2.75) is 0 Å². The van der Waals surface area contributed by atoms with Crippen LogP contribution in [0.3, 0.4) is 0 Å². The molecule has 0 aliphatic heterocycles. The molecule has 4 heterocycles. The van der Waals surface area contributed by atoms with E-state index in [1.807, 2.05) is 66.7 Å². The molecule has 0 saturated carbocycles. The molecule has 8 aromatic carbocycles. The van der Waals surface area contributed by atoms with Gasteiger partial charge in [-0.2, -0.15) is 0 Å². The van der Waals surface area contributed by atoms with Crippen LogP contribution in [-0.2, 0) is 0 Å². The Balaban J connectivity index is 1.12. The molecule has 0 aliphatic carbocycles. The Morgan fingerprint density at radius 2 is 0.818 bits per heavy atom. The molecule has 0 bridgehead atoms. The average Bonchev–Trinajstić information content (AvgIpc) is 3.94. The van der Waals surface area contributed by atoms with Gasteiger partial charge in [0.2, 0.25) is 0 Å². The Morgan fingerprint density at radius 1 is 0.291 bits per heavy atom. The Morgan fingerprint density at radius 3 is 1.47 bits per heavy atom. The van der Waals surface area contributed by atoms with Crippen LogP contribution in [0.1, 0.15) is 0 Å². The molecule has 0 saturated heterocycles. The molecule has 6 nitrogen and oxygen atoms in total. The van der Waals surface area contributed by atoms with Crippen molar-refractivity contribution in [3.63, 3.8) is 0 Å². The summed E-state index contributed by atoms with van der Waals surface area (Å²) >= 11 is 0. The minimum Gasteiger partial charge on any atom is -0.456 e. The molecule has 0 aliphatic rings. The topological polar surface area (TPSA) is 78.1 Å². The van der Waals surface area contributed by atoms with Gasteiger partial charge in [0.25, 0.3) is 0 Å². The molecule has 0 radical (unpaired) electrons. The number of furan rings is 3. The van der Waals surface area contributed by atoms with Gasteiger partial charge in [-0.05, 0) is 65.0 Å². The summed E-state index contributed by atoms with van der Waals surface area (Å²) in [6.45, 7) is 0. The van der Waals surface area contributed by atoms with Gasteiger partial charge in [-0.3, -0.25) is 0 Å². The van der Waals surface area contributed by atoms with Crippen molar-refractivity contribution in [1.82, 2.24) is 15.0 Å². The lowest BCUT2D eigenvalue weighted by atomic mass is 9.94. The van der Waals surface area contributed by atoms with Gasteiger partial charge in [0, 0.05) is 54.4 Å². The van der Waals surface area contributed by atoms with Crippen LogP contribution in [0.2, 0.25) is 0 Å². The SMILES string of the molecule is c1ccc(-c2cc3c(oc4cccc(-c5nc(-c6ccc7c(c6)oc6ccccc67)nc(-c6ccc7c(c6)oc6ccccc67)n5)c43)c3ccccc23)cc1. The molecule has 0 N–H and O–H groups in total. The molecule has 0 unspecified atom stereocenters. The molecular weight excluding hydrogens is 679 g/mol. The van der Waals surface area contributed by atoms with E-state index in [4.69, 9.17) is 28.2 Å². The minimum atomic E-state index is 0.535. The van der Waals surface area contributed by atoms with Crippen molar-refractivity contribution in [3.8, 4) is 45.3 Å². The molecule has 0 fully saturated rings. The summed E-state index contributed by atoms with van der Waals surface area (Å²) in [6, 6.07) is 55.8. The lowest BCUT2D eigenvalue weighted by Crippen LogP contribution is -2.00. The summed E-state index contributed by atoms with van der Waals surface area (Å²) in [4.78, 5) is 15.5. The van der Waals surface area contributed by atoms with Gasteiger partial charge in [0.1, 0.15) is 33.5 Å². The molecule has 4 aromatic heterocycles. The van der Waals surface area contributed by atoms with Gasteiger partial charge < -0.3 is 13.3 Å². The predicted octanol–water partition coefficient (Wildman–Crippen LogP) is 13.4. The first-order valence-electron chi connectivity index (χ1n) is 18.3. The summed E-state index contributed by atoms with van der Waals surface area (Å²) in [5.41, 5.74) is 9.59. The molecule has 0 amide bonds. The standard InChI is InChI=1S/C49H27N3O3/c1-2-11-28(12-3-1)38-27-39-45-37(17-10-20-42(45)55-46(39)36-16-5-4-13-31(36)38)49-51-47(29-21-23-34-32-14-6-8-18-40(32)53-43(34)25-29)50-48(52-49)30-22-24-35-33-15-7-9-19-41(33)54-44(35)26-30/h1-27H. The number of rotatable bonds is 4. The fourth-order valence-electron chi connectivity index (χ4n) is 8.18. The zero-order valence-electron chi connectivity index (χ0n) is 29.2. The predicted molar refractivity (Wildman–Crippen MR) is 221 cm³/mol. The number of hydrogen-bond donors (Lipinski definition) is 0. The highest BCUT2D eigenvalue weighted by atomic mass is 16.3. The fraction of sp³-hybridized carbons (Fsp3) is 0. The average molecular weight is 706 g/mol. The molecule has 12 aromatic rings. The summed E-state index contributed by atoms with van der Waals surface area (Å²) in [5.74, 6) is 1.61. The Bertz CT molecular complexity index is 3370. The van der Waals surface area contributed by atoms with E-state index in [9.17, 15) is 0 Å². The number of aromatic nitrogens is 3. The van der Waals surface area contributed by atoms with Crippen molar-refractivity contribution in [2.24, 2.45) is 0 Å². The highest BCUT2D eigenvalue weighted by Crippen LogP contribution is 2.43. The number of benzene rings is 8. The van der Waals surface area contributed by atoms with Crippen LogP contribution in [0.5, 0.6) is 0 Å². The number of para-hydroxylation sites is 2. The van der Waals surface area contributed by atoms with Gasteiger partial charge in [-0.15, -0.1) is 0 Å². The normalized spacial score (nSPS) is 12.0. The monoisotopic (exact) mass is 705 g/mol. The van der Waals surface area contributed by atoms with Crippen molar-refractivity contribution in [2.75, 3.05) is 0 Å². The van der Waals surface area contributed by atoms with E-state index in [-0.39, 0.29) is 0 Å².